The maximum absolute atomic E-state index is 14.1. The molecule has 0 radical (unpaired) electrons. The molecular formula is C21H17F2N3O2S2. The second-order valence-electron chi connectivity index (χ2n) is 6.40. The van der Waals surface area contributed by atoms with Crippen molar-refractivity contribution in [2.45, 2.75) is 6.92 Å². The average Bonchev–Trinajstić information content (AvgIpc) is 3.23. The Balaban J connectivity index is 1.92. The van der Waals surface area contributed by atoms with Crippen LogP contribution in [0.5, 0.6) is 11.5 Å². The van der Waals surface area contributed by atoms with E-state index in [2.05, 4.69) is 9.71 Å². The summed E-state index contributed by atoms with van der Waals surface area (Å²) in [5, 5.41) is 2.42. The van der Waals surface area contributed by atoms with Crippen molar-refractivity contribution in [2.75, 3.05) is 10.5 Å². The minimum Gasteiger partial charge on any atom is -0.450 e. The zero-order valence-corrected chi connectivity index (χ0v) is 17.7. The van der Waals surface area contributed by atoms with Gasteiger partial charge in [0.1, 0.15) is 5.75 Å². The number of pyridine rings is 2. The van der Waals surface area contributed by atoms with Gasteiger partial charge in [0.25, 0.3) is 5.56 Å². The number of rotatable bonds is 6. The number of anilines is 1. The van der Waals surface area contributed by atoms with E-state index in [1.807, 2.05) is 18.4 Å². The van der Waals surface area contributed by atoms with Crippen LogP contribution in [0.3, 0.4) is 0 Å². The standard InChI is InChI=1S/C21H17F2N3O2S2/c1-3-30-25-12-4-5-18(28-19-16(22)9-24-10-17(19)23)14(8-12)15-11-26(2)21(27)13-6-7-29-20(13)15/h4-11,25H,3H2,1-2H3. The number of nitrogens with one attached hydrogen (secondary N) is 1. The molecule has 0 spiro atoms. The summed E-state index contributed by atoms with van der Waals surface area (Å²) in [7, 11) is 1.67. The number of hydrogen-bond acceptors (Lipinski definition) is 6. The molecule has 0 atom stereocenters. The molecule has 3 heterocycles. The molecule has 0 aliphatic heterocycles. The summed E-state index contributed by atoms with van der Waals surface area (Å²) in [5.74, 6) is -1.20. The van der Waals surface area contributed by atoms with Crippen LogP contribution in [0.25, 0.3) is 21.2 Å². The van der Waals surface area contributed by atoms with Crippen LogP contribution >= 0.6 is 23.3 Å². The summed E-state index contributed by atoms with van der Waals surface area (Å²) in [6, 6.07) is 7.03. The highest BCUT2D eigenvalue weighted by Crippen LogP contribution is 2.40. The van der Waals surface area contributed by atoms with Gasteiger partial charge in [-0.3, -0.25) is 9.78 Å². The predicted octanol–water partition coefficient (Wildman–Crippen LogP) is 5.81. The van der Waals surface area contributed by atoms with Crippen molar-refractivity contribution in [2.24, 2.45) is 7.05 Å². The summed E-state index contributed by atoms with van der Waals surface area (Å²) in [6.45, 7) is 2.02. The first-order valence-corrected chi connectivity index (χ1v) is 10.9. The van der Waals surface area contributed by atoms with Crippen LogP contribution in [0.2, 0.25) is 0 Å². The van der Waals surface area contributed by atoms with E-state index >= 15 is 0 Å². The second kappa shape index (κ2) is 8.45. The Labute approximate surface area is 179 Å². The van der Waals surface area contributed by atoms with Gasteiger partial charge in [-0.2, -0.15) is 0 Å². The van der Waals surface area contributed by atoms with Crippen LogP contribution in [0.15, 0.2) is 53.0 Å². The lowest BCUT2D eigenvalue weighted by molar-refractivity contribution is 0.405. The number of fused-ring (bicyclic) bond motifs is 1. The minimum absolute atomic E-state index is 0.112. The monoisotopic (exact) mass is 445 g/mol. The van der Waals surface area contributed by atoms with Gasteiger partial charge in [0.2, 0.25) is 5.75 Å². The number of aryl methyl sites for hydroxylation is 1. The molecule has 154 valence electrons. The van der Waals surface area contributed by atoms with Gasteiger partial charge in [0.05, 0.1) is 17.8 Å². The Bertz CT molecular complexity index is 1270. The molecule has 4 aromatic rings. The average molecular weight is 446 g/mol. The molecule has 30 heavy (non-hydrogen) atoms. The molecular weight excluding hydrogens is 428 g/mol. The minimum atomic E-state index is -0.897. The van der Waals surface area contributed by atoms with Crippen LogP contribution in [0, 0.1) is 11.6 Å². The third-order valence-electron chi connectivity index (χ3n) is 4.41. The topological polar surface area (TPSA) is 56.1 Å². The lowest BCUT2D eigenvalue weighted by Gasteiger charge is -2.16. The van der Waals surface area contributed by atoms with Crippen LogP contribution in [-0.4, -0.2) is 15.3 Å². The largest absolute Gasteiger partial charge is 0.450 e. The lowest BCUT2D eigenvalue weighted by atomic mass is 10.0. The van der Waals surface area contributed by atoms with E-state index in [9.17, 15) is 13.6 Å². The number of ether oxygens (including phenoxy) is 1. The van der Waals surface area contributed by atoms with Crippen molar-refractivity contribution in [3.05, 3.63) is 70.2 Å². The Morgan fingerprint density at radius 1 is 1.20 bits per heavy atom. The first-order chi connectivity index (χ1) is 14.5. The Kier molecular flexibility index (Phi) is 5.74. The molecule has 0 fully saturated rings. The quantitative estimate of drug-likeness (QED) is 0.380. The summed E-state index contributed by atoms with van der Waals surface area (Å²) >= 11 is 2.94. The number of halogens is 2. The van der Waals surface area contributed by atoms with E-state index in [1.165, 1.54) is 27.9 Å². The zero-order valence-electron chi connectivity index (χ0n) is 16.1. The molecule has 3 aromatic heterocycles. The molecule has 1 aromatic carbocycles. The van der Waals surface area contributed by atoms with Gasteiger partial charge in [-0.25, -0.2) is 8.78 Å². The van der Waals surface area contributed by atoms with Crippen molar-refractivity contribution in [1.82, 2.24) is 9.55 Å². The number of thiophene rings is 1. The number of hydrogen-bond donors (Lipinski definition) is 1. The van der Waals surface area contributed by atoms with Gasteiger partial charge in [-0.15, -0.1) is 11.3 Å². The summed E-state index contributed by atoms with van der Waals surface area (Å²) < 4.78 is 39.5. The molecule has 9 heteroatoms. The van der Waals surface area contributed by atoms with Crippen molar-refractivity contribution in [3.63, 3.8) is 0 Å². The highest BCUT2D eigenvalue weighted by Gasteiger charge is 2.18. The fraction of sp³-hybridized carbons (Fsp3) is 0.143. The SMILES string of the molecule is CCSNc1ccc(Oc2c(F)cncc2F)c(-c2cn(C)c(=O)c3ccsc23)c1. The van der Waals surface area contributed by atoms with Crippen molar-refractivity contribution < 1.29 is 13.5 Å². The maximum Gasteiger partial charge on any atom is 0.259 e. The summed E-state index contributed by atoms with van der Waals surface area (Å²) in [5.41, 5.74) is 2.03. The van der Waals surface area contributed by atoms with Gasteiger partial charge in [0.15, 0.2) is 11.6 Å². The first kappa shape index (κ1) is 20.4. The normalized spacial score (nSPS) is 11.1. The highest BCUT2D eigenvalue weighted by atomic mass is 32.2. The highest BCUT2D eigenvalue weighted by molar-refractivity contribution is 8.00. The predicted molar refractivity (Wildman–Crippen MR) is 118 cm³/mol. The molecule has 5 nitrogen and oxygen atoms in total. The molecule has 0 unspecified atom stereocenters. The van der Waals surface area contributed by atoms with E-state index in [-0.39, 0.29) is 11.3 Å². The fourth-order valence-electron chi connectivity index (χ4n) is 3.03. The Morgan fingerprint density at radius 3 is 2.70 bits per heavy atom. The van der Waals surface area contributed by atoms with Gasteiger partial charge in [-0.1, -0.05) is 18.9 Å². The van der Waals surface area contributed by atoms with E-state index in [0.717, 1.165) is 34.1 Å². The molecule has 0 saturated carbocycles. The van der Waals surface area contributed by atoms with Gasteiger partial charge in [-0.05, 0) is 29.6 Å². The van der Waals surface area contributed by atoms with Crippen LogP contribution in [0.1, 0.15) is 6.92 Å². The molecule has 1 N–H and O–H groups in total. The fourth-order valence-corrected chi connectivity index (χ4v) is 4.38. The zero-order chi connectivity index (χ0) is 21.3. The Morgan fingerprint density at radius 2 is 1.97 bits per heavy atom. The molecule has 0 bridgehead atoms. The van der Waals surface area contributed by atoms with E-state index in [4.69, 9.17) is 4.74 Å². The molecule has 4 rings (SSSR count). The number of nitrogens with zero attached hydrogens (tertiary/aromatic N) is 2. The third kappa shape index (κ3) is 3.78. The first-order valence-electron chi connectivity index (χ1n) is 9.05. The van der Waals surface area contributed by atoms with Gasteiger partial charge < -0.3 is 14.0 Å². The molecule has 0 amide bonds. The molecule has 0 saturated heterocycles. The lowest BCUT2D eigenvalue weighted by Crippen LogP contribution is -2.15. The van der Waals surface area contributed by atoms with Gasteiger partial charge >= 0.3 is 0 Å². The van der Waals surface area contributed by atoms with Crippen LogP contribution < -0.4 is 15.0 Å². The maximum atomic E-state index is 14.1. The van der Waals surface area contributed by atoms with Crippen molar-refractivity contribution in [1.29, 1.82) is 0 Å². The van der Waals surface area contributed by atoms with Crippen molar-refractivity contribution >= 4 is 39.1 Å². The van der Waals surface area contributed by atoms with Crippen molar-refractivity contribution in [3.8, 4) is 22.6 Å². The number of aromatic nitrogens is 2. The van der Waals surface area contributed by atoms with E-state index in [0.29, 0.717) is 10.9 Å². The Hall–Kier alpha value is -2.91. The molecule has 0 aliphatic carbocycles. The van der Waals surface area contributed by atoms with Crippen LogP contribution in [-0.2, 0) is 7.05 Å². The van der Waals surface area contributed by atoms with E-state index in [1.54, 1.807) is 31.4 Å². The van der Waals surface area contributed by atoms with Crippen LogP contribution in [0.4, 0.5) is 14.5 Å². The molecule has 0 aliphatic rings. The van der Waals surface area contributed by atoms with Gasteiger partial charge in [0, 0.05) is 40.5 Å². The summed E-state index contributed by atoms with van der Waals surface area (Å²) in [6.07, 6.45) is 3.50. The summed E-state index contributed by atoms with van der Waals surface area (Å²) in [4.78, 5) is 16.0. The number of benzene rings is 1. The van der Waals surface area contributed by atoms with E-state index < -0.39 is 17.4 Å². The smallest absolute Gasteiger partial charge is 0.259 e. The third-order valence-corrected chi connectivity index (χ3v) is 6.03. The second-order valence-corrected chi connectivity index (χ2v) is 8.39.